The zero-order valence-electron chi connectivity index (χ0n) is 11.0. The second kappa shape index (κ2) is 4.25. The number of thiazole rings is 1. The highest BCUT2D eigenvalue weighted by atomic mass is 32.1. The van der Waals surface area contributed by atoms with Gasteiger partial charge in [0.05, 0.1) is 11.1 Å². The number of H-pyrrole nitrogens is 1. The number of pyridine rings is 1. The summed E-state index contributed by atoms with van der Waals surface area (Å²) in [6, 6.07) is 1.98. The van der Waals surface area contributed by atoms with E-state index in [4.69, 9.17) is 12.2 Å². The lowest BCUT2D eigenvalue weighted by molar-refractivity contribution is 0.438. The molecule has 0 aliphatic rings. The third-order valence-electron chi connectivity index (χ3n) is 3.30. The van der Waals surface area contributed by atoms with Crippen LogP contribution in [-0.4, -0.2) is 19.5 Å². The van der Waals surface area contributed by atoms with Crippen molar-refractivity contribution in [2.45, 2.75) is 26.3 Å². The fourth-order valence-electron chi connectivity index (χ4n) is 2.27. The Morgan fingerprint density at radius 3 is 2.79 bits per heavy atom. The minimum atomic E-state index is -0.315. The predicted octanol–water partition coefficient (Wildman–Crippen LogP) is 3.64. The highest BCUT2D eigenvalue weighted by molar-refractivity contribution is 7.71. The monoisotopic (exact) mass is 290 g/mol. The van der Waals surface area contributed by atoms with Gasteiger partial charge in [0.25, 0.3) is 0 Å². The average molecular weight is 290 g/mol. The van der Waals surface area contributed by atoms with Crippen LogP contribution in [0.25, 0.3) is 11.2 Å². The molecule has 0 aliphatic heterocycles. The number of hydrogen-bond donors (Lipinski definition) is 1. The molecule has 3 heterocycles. The summed E-state index contributed by atoms with van der Waals surface area (Å²) in [6.45, 7) is 6.27. The molecule has 6 heteroatoms. The number of fused-ring (bicyclic) bond motifs is 1. The van der Waals surface area contributed by atoms with Crippen LogP contribution in [0.2, 0.25) is 0 Å². The van der Waals surface area contributed by atoms with E-state index in [9.17, 15) is 0 Å². The van der Waals surface area contributed by atoms with E-state index in [1.165, 1.54) is 0 Å². The molecule has 19 heavy (non-hydrogen) atoms. The Kier molecular flexibility index (Phi) is 2.79. The fourth-order valence-corrected chi connectivity index (χ4v) is 3.44. The molecule has 4 nitrogen and oxygen atoms in total. The summed E-state index contributed by atoms with van der Waals surface area (Å²) >= 11 is 7.11. The van der Waals surface area contributed by atoms with Crippen LogP contribution in [0.1, 0.15) is 24.4 Å². The van der Waals surface area contributed by atoms with Gasteiger partial charge in [-0.25, -0.2) is 9.97 Å². The first kappa shape index (κ1) is 12.5. The minimum absolute atomic E-state index is 0.315. The number of nitrogens with one attached hydrogen (secondary N) is 1. The number of imidazole rings is 1. The maximum Gasteiger partial charge on any atom is 0.180 e. The second-order valence-corrected chi connectivity index (χ2v) is 6.27. The van der Waals surface area contributed by atoms with E-state index < -0.39 is 0 Å². The third kappa shape index (κ3) is 1.82. The van der Waals surface area contributed by atoms with Crippen molar-refractivity contribution in [2.75, 3.05) is 0 Å². The molecule has 98 valence electrons. The van der Waals surface area contributed by atoms with Gasteiger partial charge in [0.15, 0.2) is 10.4 Å². The molecule has 0 spiro atoms. The van der Waals surface area contributed by atoms with Crippen LogP contribution in [0, 0.1) is 11.7 Å². The van der Waals surface area contributed by atoms with Gasteiger partial charge in [0.1, 0.15) is 5.01 Å². The Hall–Kier alpha value is -1.53. The lowest BCUT2D eigenvalue weighted by Gasteiger charge is -2.24. The summed E-state index contributed by atoms with van der Waals surface area (Å²) in [4.78, 5) is 12.2. The largest absolute Gasteiger partial charge is 0.329 e. The number of aromatic nitrogens is 4. The van der Waals surface area contributed by atoms with E-state index in [0.29, 0.717) is 4.77 Å². The van der Waals surface area contributed by atoms with Crippen LogP contribution in [0.15, 0.2) is 23.8 Å². The summed E-state index contributed by atoms with van der Waals surface area (Å²) in [7, 11) is 0. The summed E-state index contributed by atoms with van der Waals surface area (Å²) in [5, 5.41) is 3.00. The van der Waals surface area contributed by atoms with Crippen molar-refractivity contribution in [2.24, 2.45) is 0 Å². The maximum atomic E-state index is 5.48. The fraction of sp³-hybridized carbons (Fsp3) is 0.308. The highest BCUT2D eigenvalue weighted by Crippen LogP contribution is 2.31. The van der Waals surface area contributed by atoms with Crippen molar-refractivity contribution in [3.05, 3.63) is 39.2 Å². The molecule has 1 N–H and O–H groups in total. The van der Waals surface area contributed by atoms with Crippen LogP contribution < -0.4 is 0 Å². The van der Waals surface area contributed by atoms with Gasteiger partial charge in [-0.1, -0.05) is 0 Å². The van der Waals surface area contributed by atoms with Crippen LogP contribution in [0.4, 0.5) is 0 Å². The topological polar surface area (TPSA) is 46.5 Å². The standard InChI is InChI=1S/C13H14N4S2/c1-8-4-5-14-10-9(8)16-12(18)17(10)13(2,3)11-15-6-7-19-11/h4-7H,1-3H3,(H,16,18). The molecular formula is C13H14N4S2. The smallest absolute Gasteiger partial charge is 0.180 e. The number of aromatic amines is 1. The van der Waals surface area contributed by atoms with Gasteiger partial charge < -0.3 is 4.98 Å². The first-order chi connectivity index (χ1) is 9.01. The van der Waals surface area contributed by atoms with Crippen molar-refractivity contribution in [1.82, 2.24) is 19.5 Å². The van der Waals surface area contributed by atoms with E-state index in [1.54, 1.807) is 11.3 Å². The van der Waals surface area contributed by atoms with Gasteiger partial charge >= 0.3 is 0 Å². The van der Waals surface area contributed by atoms with Crippen LogP contribution in [0.3, 0.4) is 0 Å². The van der Waals surface area contributed by atoms with E-state index >= 15 is 0 Å². The Morgan fingerprint density at radius 1 is 1.32 bits per heavy atom. The van der Waals surface area contributed by atoms with Crippen molar-refractivity contribution in [3.8, 4) is 0 Å². The third-order valence-corrected chi connectivity index (χ3v) is 4.67. The first-order valence-corrected chi connectivity index (χ1v) is 7.27. The van der Waals surface area contributed by atoms with Gasteiger partial charge in [-0.3, -0.25) is 4.57 Å². The number of aryl methyl sites for hydroxylation is 1. The normalized spacial score (nSPS) is 12.2. The van der Waals surface area contributed by atoms with Gasteiger partial charge in [-0.2, -0.15) is 0 Å². The molecule has 3 aromatic heterocycles. The van der Waals surface area contributed by atoms with Crippen molar-refractivity contribution < 1.29 is 0 Å². The molecule has 0 saturated carbocycles. The van der Waals surface area contributed by atoms with Crippen LogP contribution in [0.5, 0.6) is 0 Å². The highest BCUT2D eigenvalue weighted by Gasteiger charge is 2.29. The Morgan fingerprint density at radius 2 is 2.11 bits per heavy atom. The van der Waals surface area contributed by atoms with Crippen LogP contribution in [-0.2, 0) is 5.54 Å². The van der Waals surface area contributed by atoms with Gasteiger partial charge in [0.2, 0.25) is 0 Å². The molecule has 0 atom stereocenters. The molecule has 0 amide bonds. The summed E-state index contributed by atoms with van der Waals surface area (Å²) in [5.74, 6) is 0. The Balaban J connectivity index is 2.35. The lowest BCUT2D eigenvalue weighted by atomic mass is 10.1. The van der Waals surface area contributed by atoms with Crippen molar-refractivity contribution in [3.63, 3.8) is 0 Å². The summed E-state index contributed by atoms with van der Waals surface area (Å²) < 4.78 is 2.72. The Labute approximate surface area is 120 Å². The maximum absolute atomic E-state index is 5.48. The minimum Gasteiger partial charge on any atom is -0.329 e. The summed E-state index contributed by atoms with van der Waals surface area (Å²) in [6.07, 6.45) is 3.63. The molecule has 0 radical (unpaired) electrons. The molecule has 3 aromatic rings. The first-order valence-electron chi connectivity index (χ1n) is 5.98. The van der Waals surface area contributed by atoms with Crippen molar-refractivity contribution in [1.29, 1.82) is 0 Å². The zero-order chi connectivity index (χ0) is 13.6. The zero-order valence-corrected chi connectivity index (χ0v) is 12.6. The van der Waals surface area contributed by atoms with E-state index in [1.807, 2.05) is 28.4 Å². The molecule has 0 aromatic carbocycles. The molecule has 0 aliphatic carbocycles. The lowest BCUT2D eigenvalue weighted by Crippen LogP contribution is -2.27. The molecular weight excluding hydrogens is 276 g/mol. The van der Waals surface area contributed by atoms with Crippen molar-refractivity contribution >= 4 is 34.7 Å². The van der Waals surface area contributed by atoms with Gasteiger partial charge in [0, 0.05) is 17.8 Å². The average Bonchev–Trinajstić information content (AvgIpc) is 2.96. The predicted molar refractivity (Wildman–Crippen MR) is 80.2 cm³/mol. The Bertz CT molecular complexity index is 781. The SMILES string of the molecule is Cc1ccnc2c1[nH]c(=S)n2C(C)(C)c1nccs1. The van der Waals surface area contributed by atoms with Gasteiger partial charge in [-0.05, 0) is 44.6 Å². The van der Waals surface area contributed by atoms with E-state index in [2.05, 4.69) is 35.7 Å². The molecule has 0 unspecified atom stereocenters. The number of rotatable bonds is 2. The molecule has 3 rings (SSSR count). The quantitative estimate of drug-likeness (QED) is 0.733. The summed E-state index contributed by atoms with van der Waals surface area (Å²) in [5.41, 5.74) is 2.71. The molecule has 0 fully saturated rings. The van der Waals surface area contributed by atoms with Crippen LogP contribution >= 0.6 is 23.6 Å². The van der Waals surface area contributed by atoms with E-state index in [0.717, 1.165) is 21.7 Å². The number of hydrogen-bond acceptors (Lipinski definition) is 4. The number of nitrogens with zero attached hydrogens (tertiary/aromatic N) is 3. The van der Waals surface area contributed by atoms with Gasteiger partial charge in [-0.15, -0.1) is 11.3 Å². The van der Waals surface area contributed by atoms with E-state index in [-0.39, 0.29) is 5.54 Å². The molecule has 0 bridgehead atoms. The second-order valence-electron chi connectivity index (χ2n) is 4.99. The molecule has 0 saturated heterocycles.